The highest BCUT2D eigenvalue weighted by Crippen LogP contribution is 2.10. The number of aromatic nitrogens is 1. The molecule has 0 bridgehead atoms. The monoisotopic (exact) mass is 202 g/mol. The van der Waals surface area contributed by atoms with Gasteiger partial charge in [-0.05, 0) is 12.1 Å². The van der Waals surface area contributed by atoms with Crippen molar-refractivity contribution in [2.45, 2.75) is 0 Å². The Hall–Kier alpha value is -2.10. The Balaban J connectivity index is 2.97. The van der Waals surface area contributed by atoms with Crippen LogP contribution >= 0.6 is 0 Å². The number of carbonyl (C=O) groups is 1. The van der Waals surface area contributed by atoms with Crippen molar-refractivity contribution in [1.82, 2.24) is 4.57 Å². The SMILES string of the molecule is Cn1c(C(N)=O)cc(=O)c2ccccc21. The summed E-state index contributed by atoms with van der Waals surface area (Å²) in [7, 11) is 1.71. The fraction of sp³-hybridized carbons (Fsp3) is 0.0909. The van der Waals surface area contributed by atoms with Gasteiger partial charge >= 0.3 is 0 Å². The molecule has 0 aliphatic carbocycles. The molecule has 1 amide bonds. The Bertz CT molecular complexity index is 599. The molecule has 4 heteroatoms. The first-order chi connectivity index (χ1) is 7.11. The molecule has 2 aromatic rings. The maximum Gasteiger partial charge on any atom is 0.265 e. The van der Waals surface area contributed by atoms with Crippen LogP contribution in [0.25, 0.3) is 10.9 Å². The predicted molar refractivity (Wildman–Crippen MR) is 57.7 cm³/mol. The number of primary amides is 1. The lowest BCUT2D eigenvalue weighted by molar-refractivity contribution is 0.0992. The van der Waals surface area contributed by atoms with Gasteiger partial charge in [0.05, 0.1) is 5.52 Å². The number of nitrogens with zero attached hydrogens (tertiary/aromatic N) is 1. The van der Waals surface area contributed by atoms with Crippen LogP contribution < -0.4 is 11.2 Å². The van der Waals surface area contributed by atoms with Gasteiger partial charge in [0, 0.05) is 18.5 Å². The van der Waals surface area contributed by atoms with Crippen LogP contribution in [-0.2, 0) is 7.05 Å². The molecule has 76 valence electrons. The molecule has 1 heterocycles. The molecule has 0 fully saturated rings. The van der Waals surface area contributed by atoms with Crippen LogP contribution in [0.15, 0.2) is 35.1 Å². The minimum Gasteiger partial charge on any atom is -0.364 e. The van der Waals surface area contributed by atoms with Crippen LogP contribution in [0.2, 0.25) is 0 Å². The first kappa shape index (κ1) is 9.45. The van der Waals surface area contributed by atoms with E-state index in [0.717, 1.165) is 0 Å². The van der Waals surface area contributed by atoms with Crippen molar-refractivity contribution in [3.8, 4) is 0 Å². The van der Waals surface area contributed by atoms with Gasteiger partial charge in [0.25, 0.3) is 5.91 Å². The number of rotatable bonds is 1. The number of hydrogen-bond acceptors (Lipinski definition) is 2. The van der Waals surface area contributed by atoms with Gasteiger partial charge in [-0.2, -0.15) is 0 Å². The highest BCUT2D eigenvalue weighted by Gasteiger charge is 2.09. The van der Waals surface area contributed by atoms with Gasteiger partial charge in [0.15, 0.2) is 5.43 Å². The lowest BCUT2D eigenvalue weighted by Gasteiger charge is -2.08. The van der Waals surface area contributed by atoms with Crippen molar-refractivity contribution in [2.24, 2.45) is 12.8 Å². The van der Waals surface area contributed by atoms with Crippen LogP contribution in [0.5, 0.6) is 0 Å². The molecule has 4 nitrogen and oxygen atoms in total. The summed E-state index contributed by atoms with van der Waals surface area (Å²) in [5.41, 5.74) is 5.92. The van der Waals surface area contributed by atoms with Crippen LogP contribution in [0.3, 0.4) is 0 Å². The molecule has 2 N–H and O–H groups in total. The summed E-state index contributed by atoms with van der Waals surface area (Å²) in [6.45, 7) is 0. The number of benzene rings is 1. The second-order valence-electron chi connectivity index (χ2n) is 3.33. The minimum absolute atomic E-state index is 0.183. The standard InChI is InChI=1S/C11H10N2O2/c1-13-8-5-3-2-4-7(8)10(14)6-9(13)11(12)15/h2-6H,1H3,(H2,12,15). The molecule has 0 radical (unpaired) electrons. The molecule has 1 aromatic carbocycles. The van der Waals surface area contributed by atoms with E-state index in [9.17, 15) is 9.59 Å². The summed E-state index contributed by atoms with van der Waals surface area (Å²) in [5, 5.41) is 0.588. The number of fused-ring (bicyclic) bond motifs is 1. The smallest absolute Gasteiger partial charge is 0.265 e. The molecule has 0 unspecified atom stereocenters. The lowest BCUT2D eigenvalue weighted by atomic mass is 10.2. The van der Waals surface area contributed by atoms with Gasteiger partial charge in [0.2, 0.25) is 0 Å². The van der Waals surface area contributed by atoms with Crippen molar-refractivity contribution in [2.75, 3.05) is 0 Å². The highest BCUT2D eigenvalue weighted by atomic mass is 16.1. The molecule has 0 aliphatic rings. The Morgan fingerprint density at radius 3 is 2.67 bits per heavy atom. The highest BCUT2D eigenvalue weighted by molar-refractivity contribution is 5.94. The zero-order valence-corrected chi connectivity index (χ0v) is 8.23. The maximum atomic E-state index is 11.6. The van der Waals surface area contributed by atoms with Gasteiger partial charge < -0.3 is 10.3 Å². The van der Waals surface area contributed by atoms with E-state index in [-0.39, 0.29) is 11.1 Å². The van der Waals surface area contributed by atoms with E-state index >= 15 is 0 Å². The molecule has 0 aliphatic heterocycles. The van der Waals surface area contributed by atoms with Crippen molar-refractivity contribution in [3.05, 3.63) is 46.2 Å². The Kier molecular flexibility index (Phi) is 2.04. The summed E-state index contributed by atoms with van der Waals surface area (Å²) >= 11 is 0. The number of nitrogens with two attached hydrogens (primary N) is 1. The Morgan fingerprint density at radius 1 is 1.33 bits per heavy atom. The van der Waals surface area contributed by atoms with E-state index < -0.39 is 5.91 Å². The van der Waals surface area contributed by atoms with E-state index in [2.05, 4.69) is 0 Å². The largest absolute Gasteiger partial charge is 0.364 e. The van der Waals surface area contributed by atoms with Crippen molar-refractivity contribution in [1.29, 1.82) is 0 Å². The molecule has 0 atom stereocenters. The van der Waals surface area contributed by atoms with E-state index in [0.29, 0.717) is 10.9 Å². The molecule has 0 spiro atoms. The number of hydrogen-bond donors (Lipinski definition) is 1. The second-order valence-corrected chi connectivity index (χ2v) is 3.33. The Labute approximate surface area is 85.9 Å². The van der Waals surface area contributed by atoms with E-state index in [4.69, 9.17) is 5.73 Å². The van der Waals surface area contributed by atoms with Gasteiger partial charge in [0.1, 0.15) is 5.69 Å². The van der Waals surface area contributed by atoms with Gasteiger partial charge in [-0.25, -0.2) is 0 Å². The van der Waals surface area contributed by atoms with Gasteiger partial charge in [-0.3, -0.25) is 9.59 Å². The van der Waals surface area contributed by atoms with Crippen molar-refractivity contribution >= 4 is 16.8 Å². The van der Waals surface area contributed by atoms with Crippen molar-refractivity contribution < 1.29 is 4.79 Å². The van der Waals surface area contributed by atoms with Gasteiger partial charge in [-0.15, -0.1) is 0 Å². The molecular formula is C11H10N2O2. The zero-order chi connectivity index (χ0) is 11.0. The topological polar surface area (TPSA) is 65.1 Å². The summed E-state index contributed by atoms with van der Waals surface area (Å²) < 4.78 is 1.62. The maximum absolute atomic E-state index is 11.6. The van der Waals surface area contributed by atoms with Crippen LogP contribution in [-0.4, -0.2) is 10.5 Å². The average Bonchev–Trinajstić information content (AvgIpc) is 2.23. The average molecular weight is 202 g/mol. The predicted octanol–water partition coefficient (Wildman–Crippen LogP) is 0.637. The number of carbonyl (C=O) groups excluding carboxylic acids is 1. The van der Waals surface area contributed by atoms with Crippen LogP contribution in [0.1, 0.15) is 10.5 Å². The van der Waals surface area contributed by atoms with Crippen LogP contribution in [0, 0.1) is 0 Å². The van der Waals surface area contributed by atoms with E-state index in [1.165, 1.54) is 6.07 Å². The fourth-order valence-corrected chi connectivity index (χ4v) is 1.64. The lowest BCUT2D eigenvalue weighted by Crippen LogP contribution is -2.21. The Morgan fingerprint density at radius 2 is 2.00 bits per heavy atom. The first-order valence-corrected chi connectivity index (χ1v) is 4.50. The third kappa shape index (κ3) is 1.40. The molecule has 0 saturated heterocycles. The number of pyridine rings is 1. The molecule has 0 saturated carbocycles. The number of amides is 1. The van der Waals surface area contributed by atoms with Crippen LogP contribution in [0.4, 0.5) is 0 Å². The third-order valence-electron chi connectivity index (χ3n) is 2.41. The van der Waals surface area contributed by atoms with E-state index in [1.807, 2.05) is 6.07 Å². The summed E-state index contributed by atoms with van der Waals surface area (Å²) in [5.74, 6) is -0.597. The quantitative estimate of drug-likeness (QED) is 0.737. The van der Waals surface area contributed by atoms with E-state index in [1.54, 1.807) is 29.8 Å². The number of aryl methyl sites for hydroxylation is 1. The van der Waals surface area contributed by atoms with Crippen molar-refractivity contribution in [3.63, 3.8) is 0 Å². The molecule has 1 aromatic heterocycles. The molecule has 15 heavy (non-hydrogen) atoms. The van der Waals surface area contributed by atoms with Gasteiger partial charge in [-0.1, -0.05) is 12.1 Å². The third-order valence-corrected chi connectivity index (χ3v) is 2.41. The fourth-order valence-electron chi connectivity index (χ4n) is 1.64. The summed E-state index contributed by atoms with van der Waals surface area (Å²) in [6, 6.07) is 8.37. The zero-order valence-electron chi connectivity index (χ0n) is 8.23. The minimum atomic E-state index is -0.597. The number of para-hydroxylation sites is 1. The summed E-state index contributed by atoms with van der Waals surface area (Å²) in [6.07, 6.45) is 0. The normalized spacial score (nSPS) is 10.5. The molecular weight excluding hydrogens is 192 g/mol. The second kappa shape index (κ2) is 3.24. The summed E-state index contributed by atoms with van der Waals surface area (Å²) in [4.78, 5) is 22.7. The first-order valence-electron chi connectivity index (χ1n) is 4.50. The molecule has 2 rings (SSSR count).